The van der Waals surface area contributed by atoms with Gasteiger partial charge in [-0.05, 0) is 30.3 Å². The number of amides is 1. The topological polar surface area (TPSA) is 54.9 Å². The molecular weight excluding hydrogens is 390 g/mol. The number of likely N-dealkylation sites (tertiary alicyclic amines) is 1. The molecule has 0 saturated carbocycles. The highest BCUT2D eigenvalue weighted by Gasteiger charge is 2.43. The zero-order valence-electron chi connectivity index (χ0n) is 17.5. The number of nitrogens with zero attached hydrogens (tertiary/aromatic N) is 3. The number of ether oxygens (including phenoxy) is 2. The Balaban J connectivity index is 1.49. The van der Waals surface area contributed by atoms with Crippen molar-refractivity contribution in [1.82, 2.24) is 9.88 Å². The lowest BCUT2D eigenvalue weighted by Gasteiger charge is -2.31. The highest BCUT2D eigenvalue weighted by atomic mass is 16.5. The van der Waals surface area contributed by atoms with Crippen molar-refractivity contribution in [1.29, 1.82) is 0 Å². The van der Waals surface area contributed by atoms with Crippen LogP contribution in [0.3, 0.4) is 0 Å². The van der Waals surface area contributed by atoms with Crippen LogP contribution in [0.4, 0.5) is 5.69 Å². The number of methoxy groups -OCH3 is 1. The van der Waals surface area contributed by atoms with Gasteiger partial charge in [0.2, 0.25) is 5.91 Å². The Morgan fingerprint density at radius 2 is 1.84 bits per heavy atom. The monoisotopic (exact) mass is 415 g/mol. The van der Waals surface area contributed by atoms with Gasteiger partial charge in [0.1, 0.15) is 17.6 Å². The number of hydrogen-bond acceptors (Lipinski definition) is 5. The number of pyridine rings is 1. The van der Waals surface area contributed by atoms with Crippen LogP contribution in [0.2, 0.25) is 0 Å². The molecule has 0 radical (unpaired) electrons. The van der Waals surface area contributed by atoms with E-state index >= 15 is 0 Å². The Hall–Kier alpha value is -3.38. The maximum Gasteiger partial charge on any atom is 0.244 e. The highest BCUT2D eigenvalue weighted by molar-refractivity contribution is 5.99. The van der Waals surface area contributed by atoms with E-state index in [-0.39, 0.29) is 18.1 Å². The summed E-state index contributed by atoms with van der Waals surface area (Å²) in [5, 5.41) is 0. The maximum absolute atomic E-state index is 13.8. The summed E-state index contributed by atoms with van der Waals surface area (Å²) in [6, 6.07) is 21.3. The molecule has 2 atom stereocenters. The van der Waals surface area contributed by atoms with Crippen molar-refractivity contribution in [3.8, 4) is 11.5 Å². The molecule has 3 heterocycles. The van der Waals surface area contributed by atoms with Crippen LogP contribution in [0.1, 0.15) is 17.7 Å². The Morgan fingerprint density at radius 3 is 2.68 bits per heavy atom. The van der Waals surface area contributed by atoms with Crippen molar-refractivity contribution in [2.45, 2.75) is 31.7 Å². The van der Waals surface area contributed by atoms with E-state index < -0.39 is 0 Å². The van der Waals surface area contributed by atoms with Crippen molar-refractivity contribution >= 4 is 11.6 Å². The molecule has 2 aliphatic rings. The Bertz CT molecular complexity index is 1070. The van der Waals surface area contributed by atoms with E-state index in [1.54, 1.807) is 13.3 Å². The first-order valence-corrected chi connectivity index (χ1v) is 10.6. The summed E-state index contributed by atoms with van der Waals surface area (Å²) in [6.07, 6.45) is 2.40. The van der Waals surface area contributed by atoms with Gasteiger partial charge in [-0.15, -0.1) is 0 Å². The van der Waals surface area contributed by atoms with E-state index in [0.29, 0.717) is 26.1 Å². The van der Waals surface area contributed by atoms with Crippen LogP contribution >= 0.6 is 0 Å². The molecule has 2 bridgehead atoms. The number of carbonyl (C=O) groups excluding carboxylic acids is 1. The maximum atomic E-state index is 13.8. The van der Waals surface area contributed by atoms with Gasteiger partial charge in [-0.2, -0.15) is 0 Å². The second kappa shape index (κ2) is 8.40. The van der Waals surface area contributed by atoms with Gasteiger partial charge in [0.15, 0.2) is 0 Å². The molecule has 0 spiro atoms. The first-order valence-electron chi connectivity index (χ1n) is 10.6. The summed E-state index contributed by atoms with van der Waals surface area (Å²) in [5.41, 5.74) is 2.71. The van der Waals surface area contributed by atoms with E-state index in [0.717, 1.165) is 28.4 Å². The third-order valence-corrected chi connectivity index (χ3v) is 5.98. The second-order valence-electron chi connectivity index (χ2n) is 7.95. The first kappa shape index (κ1) is 19.6. The highest BCUT2D eigenvalue weighted by Crippen LogP contribution is 2.37. The molecule has 1 fully saturated rings. The van der Waals surface area contributed by atoms with E-state index in [2.05, 4.69) is 16.0 Å². The van der Waals surface area contributed by atoms with Crippen LogP contribution < -0.4 is 14.4 Å². The third-order valence-electron chi connectivity index (χ3n) is 5.98. The number of rotatable bonds is 5. The van der Waals surface area contributed by atoms with Crippen LogP contribution in [0, 0.1) is 0 Å². The van der Waals surface area contributed by atoms with E-state index in [1.807, 2.05) is 65.6 Å². The smallest absolute Gasteiger partial charge is 0.244 e. The number of anilines is 1. The molecule has 1 amide bonds. The van der Waals surface area contributed by atoms with E-state index in [4.69, 9.17) is 9.47 Å². The molecule has 5 rings (SSSR count). The molecule has 1 saturated heterocycles. The summed E-state index contributed by atoms with van der Waals surface area (Å²) in [6.45, 7) is 1.73. The zero-order chi connectivity index (χ0) is 21.2. The number of carbonyl (C=O) groups is 1. The van der Waals surface area contributed by atoms with E-state index in [1.165, 1.54) is 0 Å². The van der Waals surface area contributed by atoms with Crippen molar-refractivity contribution in [3.63, 3.8) is 0 Å². The van der Waals surface area contributed by atoms with Crippen LogP contribution in [-0.2, 0) is 17.9 Å². The molecule has 0 aliphatic carbocycles. The number of hydrogen-bond donors (Lipinski definition) is 0. The van der Waals surface area contributed by atoms with Crippen LogP contribution in [0.15, 0.2) is 72.9 Å². The van der Waals surface area contributed by atoms with Gasteiger partial charge >= 0.3 is 0 Å². The molecular formula is C25H25N3O3. The Morgan fingerprint density at radius 1 is 1.03 bits per heavy atom. The zero-order valence-corrected chi connectivity index (χ0v) is 17.5. The summed E-state index contributed by atoms with van der Waals surface area (Å²) in [7, 11) is 1.68. The molecule has 2 aromatic carbocycles. The quantitative estimate of drug-likeness (QED) is 0.637. The average molecular weight is 415 g/mol. The number of para-hydroxylation sites is 3. The van der Waals surface area contributed by atoms with Crippen molar-refractivity contribution in [3.05, 3.63) is 84.2 Å². The second-order valence-corrected chi connectivity index (χ2v) is 7.95. The van der Waals surface area contributed by atoms with E-state index in [9.17, 15) is 4.79 Å². The fraction of sp³-hybridized carbons (Fsp3) is 0.280. The molecule has 2 aliphatic heterocycles. The summed E-state index contributed by atoms with van der Waals surface area (Å²) >= 11 is 0. The molecule has 0 unspecified atom stereocenters. The minimum atomic E-state index is -0.257. The normalized spacial score (nSPS) is 20.5. The van der Waals surface area contributed by atoms with Crippen LogP contribution in [0.5, 0.6) is 11.5 Å². The van der Waals surface area contributed by atoms with Gasteiger partial charge < -0.3 is 14.4 Å². The largest absolute Gasteiger partial charge is 0.496 e. The molecule has 6 nitrogen and oxygen atoms in total. The Kier molecular flexibility index (Phi) is 5.30. The molecule has 1 aromatic heterocycles. The van der Waals surface area contributed by atoms with Crippen molar-refractivity contribution in [2.75, 3.05) is 18.6 Å². The van der Waals surface area contributed by atoms with Crippen LogP contribution in [-0.4, -0.2) is 41.6 Å². The fourth-order valence-corrected chi connectivity index (χ4v) is 4.51. The molecule has 31 heavy (non-hydrogen) atoms. The molecule has 3 aromatic rings. The average Bonchev–Trinajstić information content (AvgIpc) is 3.21. The van der Waals surface area contributed by atoms with Crippen LogP contribution in [0.25, 0.3) is 0 Å². The standard InChI is InChI=1S/C25H25N3O3/c1-30-23-11-4-2-8-18(23)15-27-17-20-14-22(27)25(29)28(16-19-9-6-7-13-26-19)21-10-3-5-12-24(21)31-20/h2-13,20,22H,14-17H2,1H3/t20-,22-/m0/s1. The van der Waals surface area contributed by atoms with Gasteiger partial charge in [-0.3, -0.25) is 14.7 Å². The minimum Gasteiger partial charge on any atom is -0.496 e. The van der Waals surface area contributed by atoms with Gasteiger partial charge in [0.25, 0.3) is 0 Å². The lowest BCUT2D eigenvalue weighted by Crippen LogP contribution is -2.45. The minimum absolute atomic E-state index is 0.0261. The summed E-state index contributed by atoms with van der Waals surface area (Å²) < 4.78 is 11.9. The predicted molar refractivity (Wildman–Crippen MR) is 118 cm³/mol. The number of benzene rings is 2. The van der Waals surface area contributed by atoms with Crippen molar-refractivity contribution in [2.24, 2.45) is 0 Å². The van der Waals surface area contributed by atoms with Gasteiger partial charge in [0.05, 0.1) is 31.1 Å². The lowest BCUT2D eigenvalue weighted by molar-refractivity contribution is -0.123. The third kappa shape index (κ3) is 3.86. The summed E-state index contributed by atoms with van der Waals surface area (Å²) in [5.74, 6) is 1.66. The SMILES string of the molecule is COc1ccccc1CN1C[C@@H]2C[C@H]1C(=O)N(Cc1ccccn1)c1ccccc1O2. The number of fused-ring (bicyclic) bond motifs is 3. The lowest BCUT2D eigenvalue weighted by atomic mass is 10.1. The fourth-order valence-electron chi connectivity index (χ4n) is 4.51. The predicted octanol–water partition coefficient (Wildman–Crippen LogP) is 3.66. The summed E-state index contributed by atoms with van der Waals surface area (Å²) in [4.78, 5) is 22.3. The molecule has 6 heteroatoms. The molecule has 0 N–H and O–H groups in total. The van der Waals surface area contributed by atoms with Gasteiger partial charge in [-0.1, -0.05) is 36.4 Å². The van der Waals surface area contributed by atoms with Gasteiger partial charge in [0, 0.05) is 31.3 Å². The molecule has 158 valence electrons. The number of aromatic nitrogens is 1. The van der Waals surface area contributed by atoms with Gasteiger partial charge in [-0.25, -0.2) is 0 Å². The van der Waals surface area contributed by atoms with Crippen molar-refractivity contribution < 1.29 is 14.3 Å². The first-order chi connectivity index (χ1) is 15.2. The Labute approximate surface area is 182 Å².